The second-order valence-corrected chi connectivity index (χ2v) is 12.0. The minimum absolute atomic E-state index is 0.604. The van der Waals surface area contributed by atoms with Gasteiger partial charge in [-0.3, -0.25) is 0 Å². The molecule has 0 N–H and O–H groups in total. The molecule has 0 aliphatic carbocycles. The van der Waals surface area contributed by atoms with E-state index in [9.17, 15) is 5.26 Å². The molecular weight excluding hydrogens is 574 g/mol. The zero-order valence-electron chi connectivity index (χ0n) is 25.2. The van der Waals surface area contributed by atoms with Gasteiger partial charge in [0.15, 0.2) is 0 Å². The fraction of sp³-hybridized carbons (Fsp3) is 0. The van der Waals surface area contributed by atoms with E-state index in [1.807, 2.05) is 24.3 Å². The first-order valence-electron chi connectivity index (χ1n) is 15.8. The Kier molecular flexibility index (Phi) is 5.32. The normalized spacial score (nSPS) is 11.8. The third kappa shape index (κ3) is 3.51. The Labute approximate surface area is 269 Å². The van der Waals surface area contributed by atoms with Gasteiger partial charge in [-0.2, -0.15) is 5.26 Å². The maximum absolute atomic E-state index is 10.6. The standard InChI is InChI=1S/C43H25N3O/c44-26-27-12-11-18-32(30-15-3-8-21-37(30)45-35-19-6-1-13-28(35)29-14-2-7-20-36(29)45)42(27)46-38-22-9-4-17-34(38)41-39(46)25-24-33-31-16-5-10-23-40(31)47-43(33)41/h1-25H. The summed E-state index contributed by atoms with van der Waals surface area (Å²) in [5.74, 6) is 0. The van der Waals surface area contributed by atoms with Crippen molar-refractivity contribution < 1.29 is 4.42 Å². The van der Waals surface area contributed by atoms with Crippen LogP contribution < -0.4 is 0 Å². The Morgan fingerprint density at radius 2 is 1.04 bits per heavy atom. The number of fused-ring (bicyclic) bond motifs is 10. The van der Waals surface area contributed by atoms with Crippen molar-refractivity contribution in [3.8, 4) is 28.6 Å². The van der Waals surface area contributed by atoms with Crippen LogP contribution in [0.2, 0.25) is 0 Å². The maximum atomic E-state index is 10.6. The topological polar surface area (TPSA) is 46.8 Å². The van der Waals surface area contributed by atoms with E-state index in [1.54, 1.807) is 0 Å². The van der Waals surface area contributed by atoms with Crippen LogP contribution in [0.25, 0.3) is 88.1 Å². The number of rotatable bonds is 3. The first-order valence-corrected chi connectivity index (χ1v) is 15.8. The Morgan fingerprint density at radius 3 is 1.79 bits per heavy atom. The molecule has 0 radical (unpaired) electrons. The molecule has 218 valence electrons. The van der Waals surface area contributed by atoms with Gasteiger partial charge in [-0.1, -0.05) is 103 Å². The predicted molar refractivity (Wildman–Crippen MR) is 193 cm³/mol. The Bertz CT molecular complexity index is 2880. The first kappa shape index (κ1) is 25.7. The van der Waals surface area contributed by atoms with Crippen molar-refractivity contribution in [1.82, 2.24) is 9.13 Å². The van der Waals surface area contributed by atoms with Gasteiger partial charge in [0.1, 0.15) is 17.2 Å². The molecule has 3 aromatic heterocycles. The van der Waals surface area contributed by atoms with E-state index in [4.69, 9.17) is 4.42 Å². The lowest BCUT2D eigenvalue weighted by Gasteiger charge is -2.19. The number of hydrogen-bond donors (Lipinski definition) is 0. The highest BCUT2D eigenvalue weighted by Gasteiger charge is 2.24. The van der Waals surface area contributed by atoms with Crippen molar-refractivity contribution in [2.24, 2.45) is 0 Å². The van der Waals surface area contributed by atoms with Crippen molar-refractivity contribution in [1.29, 1.82) is 5.26 Å². The van der Waals surface area contributed by atoms with Crippen LogP contribution >= 0.6 is 0 Å². The van der Waals surface area contributed by atoms with Crippen LogP contribution in [0, 0.1) is 11.3 Å². The minimum Gasteiger partial charge on any atom is -0.455 e. The summed E-state index contributed by atoms with van der Waals surface area (Å²) in [6, 6.07) is 55.2. The summed E-state index contributed by atoms with van der Waals surface area (Å²) in [4.78, 5) is 0. The van der Waals surface area contributed by atoms with Gasteiger partial charge in [-0.25, -0.2) is 0 Å². The molecule has 7 aromatic carbocycles. The second kappa shape index (κ2) is 9.71. The Balaban J connectivity index is 1.34. The van der Waals surface area contributed by atoms with Gasteiger partial charge in [-0.15, -0.1) is 0 Å². The first-order chi connectivity index (χ1) is 23.3. The van der Waals surface area contributed by atoms with Gasteiger partial charge in [0.25, 0.3) is 0 Å². The van der Waals surface area contributed by atoms with Crippen LogP contribution in [-0.4, -0.2) is 9.13 Å². The van der Waals surface area contributed by atoms with E-state index in [-0.39, 0.29) is 0 Å². The Morgan fingerprint density at radius 1 is 0.447 bits per heavy atom. The second-order valence-electron chi connectivity index (χ2n) is 12.0. The molecule has 0 saturated heterocycles. The van der Waals surface area contributed by atoms with Gasteiger partial charge in [0.05, 0.1) is 44.4 Å². The van der Waals surface area contributed by atoms with E-state index >= 15 is 0 Å². The highest BCUT2D eigenvalue weighted by atomic mass is 16.3. The highest BCUT2D eigenvalue weighted by molar-refractivity contribution is 6.24. The van der Waals surface area contributed by atoms with Crippen LogP contribution in [0.3, 0.4) is 0 Å². The number of para-hydroxylation sites is 6. The summed E-state index contributed by atoms with van der Waals surface area (Å²) < 4.78 is 11.2. The van der Waals surface area contributed by atoms with Gasteiger partial charge in [-0.05, 0) is 48.5 Å². The molecule has 4 nitrogen and oxygen atoms in total. The van der Waals surface area contributed by atoms with Crippen LogP contribution in [0.5, 0.6) is 0 Å². The molecule has 0 aliphatic heterocycles. The summed E-state index contributed by atoms with van der Waals surface area (Å²) in [5.41, 5.74) is 10.6. The lowest BCUT2D eigenvalue weighted by Crippen LogP contribution is -2.03. The summed E-state index contributed by atoms with van der Waals surface area (Å²) in [6.45, 7) is 0. The van der Waals surface area contributed by atoms with E-state index in [0.717, 1.165) is 77.3 Å². The average Bonchev–Trinajstić information content (AvgIpc) is 3.79. The molecule has 3 heterocycles. The predicted octanol–water partition coefficient (Wildman–Crippen LogP) is 11.3. The van der Waals surface area contributed by atoms with Crippen LogP contribution in [-0.2, 0) is 0 Å². The fourth-order valence-electron chi connectivity index (χ4n) is 7.65. The van der Waals surface area contributed by atoms with Crippen molar-refractivity contribution in [3.63, 3.8) is 0 Å². The molecule has 47 heavy (non-hydrogen) atoms. The third-order valence-corrected chi connectivity index (χ3v) is 9.58. The lowest BCUT2D eigenvalue weighted by molar-refractivity contribution is 0.673. The molecule has 0 fully saturated rings. The fourth-order valence-corrected chi connectivity index (χ4v) is 7.65. The van der Waals surface area contributed by atoms with Gasteiger partial charge >= 0.3 is 0 Å². The SMILES string of the molecule is N#Cc1cccc(-c2ccccc2-n2c3ccccc3c3ccccc32)c1-n1c2ccccc2c2c3oc4ccccc4c3ccc21. The molecule has 0 atom stereocenters. The molecule has 0 unspecified atom stereocenters. The van der Waals surface area contributed by atoms with Crippen LogP contribution in [0.15, 0.2) is 156 Å². The zero-order chi connectivity index (χ0) is 31.1. The van der Waals surface area contributed by atoms with Crippen molar-refractivity contribution in [3.05, 3.63) is 157 Å². The van der Waals surface area contributed by atoms with Crippen LogP contribution in [0.4, 0.5) is 0 Å². The summed E-state index contributed by atoms with van der Waals surface area (Å²) in [7, 11) is 0. The van der Waals surface area contributed by atoms with E-state index < -0.39 is 0 Å². The molecule has 0 bridgehead atoms. The van der Waals surface area contributed by atoms with Crippen molar-refractivity contribution >= 4 is 65.6 Å². The summed E-state index contributed by atoms with van der Waals surface area (Å²) in [6.07, 6.45) is 0. The van der Waals surface area contributed by atoms with Crippen LogP contribution in [0.1, 0.15) is 5.56 Å². The summed E-state index contributed by atoms with van der Waals surface area (Å²) in [5, 5.41) is 17.4. The summed E-state index contributed by atoms with van der Waals surface area (Å²) >= 11 is 0. The van der Waals surface area contributed by atoms with Gasteiger partial charge in [0, 0.05) is 38.1 Å². The van der Waals surface area contributed by atoms with E-state index in [0.29, 0.717) is 5.56 Å². The zero-order valence-corrected chi connectivity index (χ0v) is 25.2. The molecule has 0 amide bonds. The largest absolute Gasteiger partial charge is 0.455 e. The molecule has 0 saturated carbocycles. The Hall–Kier alpha value is -6.57. The molecule has 4 heteroatoms. The lowest BCUT2D eigenvalue weighted by atomic mass is 9.98. The molecule has 0 spiro atoms. The smallest absolute Gasteiger partial charge is 0.145 e. The monoisotopic (exact) mass is 599 g/mol. The van der Waals surface area contributed by atoms with Crippen molar-refractivity contribution in [2.45, 2.75) is 0 Å². The number of nitriles is 1. The quantitative estimate of drug-likeness (QED) is 0.203. The van der Waals surface area contributed by atoms with Gasteiger partial charge < -0.3 is 13.6 Å². The van der Waals surface area contributed by atoms with Gasteiger partial charge in [0.2, 0.25) is 0 Å². The number of hydrogen-bond acceptors (Lipinski definition) is 2. The number of aromatic nitrogens is 2. The highest BCUT2D eigenvalue weighted by Crippen LogP contribution is 2.44. The molecular formula is C43H25N3O. The van der Waals surface area contributed by atoms with Crippen molar-refractivity contribution in [2.75, 3.05) is 0 Å². The molecule has 10 aromatic rings. The molecule has 0 aliphatic rings. The minimum atomic E-state index is 0.604. The molecule has 10 rings (SSSR count). The number of benzene rings is 7. The maximum Gasteiger partial charge on any atom is 0.145 e. The average molecular weight is 600 g/mol. The number of nitrogens with zero attached hydrogens (tertiary/aromatic N) is 3. The van der Waals surface area contributed by atoms with E-state index in [2.05, 4.69) is 143 Å². The third-order valence-electron chi connectivity index (χ3n) is 9.58. The number of furan rings is 1. The van der Waals surface area contributed by atoms with E-state index in [1.165, 1.54) is 10.8 Å².